The molecule has 9 nitrogen and oxygen atoms in total. The van der Waals surface area contributed by atoms with Gasteiger partial charge < -0.3 is 15.4 Å². The molecule has 0 bridgehead atoms. The molecule has 0 atom stereocenters. The van der Waals surface area contributed by atoms with Gasteiger partial charge >= 0.3 is 0 Å². The number of hydrogen-bond donors (Lipinski definition) is 2. The molecule has 5 rings (SSSR count). The van der Waals surface area contributed by atoms with Gasteiger partial charge in [0.2, 0.25) is 0 Å². The highest BCUT2D eigenvalue weighted by molar-refractivity contribution is 6.01. The first-order valence-electron chi connectivity index (χ1n) is 11.0. The van der Waals surface area contributed by atoms with E-state index in [-0.39, 0.29) is 5.91 Å². The Morgan fingerprint density at radius 3 is 2.71 bits per heavy atom. The molecule has 1 amide bonds. The van der Waals surface area contributed by atoms with E-state index < -0.39 is 0 Å². The van der Waals surface area contributed by atoms with Gasteiger partial charge in [0.25, 0.3) is 5.91 Å². The summed E-state index contributed by atoms with van der Waals surface area (Å²) in [4.78, 5) is 19.6. The predicted molar refractivity (Wildman–Crippen MR) is 132 cm³/mol. The van der Waals surface area contributed by atoms with Gasteiger partial charge in [-0.3, -0.25) is 9.89 Å². The van der Waals surface area contributed by atoms with Crippen molar-refractivity contribution in [2.24, 2.45) is 0 Å². The van der Waals surface area contributed by atoms with Gasteiger partial charge in [0, 0.05) is 55.6 Å². The predicted octanol–water partition coefficient (Wildman–Crippen LogP) is 3.07. The zero-order valence-electron chi connectivity index (χ0n) is 19.4. The normalized spacial score (nSPS) is 14.3. The number of para-hydroxylation sites is 1. The molecule has 1 aliphatic heterocycles. The number of rotatable bonds is 5. The molecule has 2 aromatic heterocycles. The third-order valence-electron chi connectivity index (χ3n) is 6.22. The summed E-state index contributed by atoms with van der Waals surface area (Å²) in [5.74, 6) is 0.673. The number of carbonyl (C=O) groups excluding carboxylic acids is 1. The SMILES string of the molecule is COc1ccccc1-c1[nH]nc2ncc(-c3ccc(N)c(C(=O)N4CCN(N(C)C)C4)c3)cc12. The highest BCUT2D eigenvalue weighted by Crippen LogP contribution is 2.35. The first-order valence-corrected chi connectivity index (χ1v) is 11.0. The van der Waals surface area contributed by atoms with Crippen LogP contribution in [0.25, 0.3) is 33.4 Å². The minimum atomic E-state index is -0.0734. The van der Waals surface area contributed by atoms with E-state index in [4.69, 9.17) is 10.5 Å². The Kier molecular flexibility index (Phi) is 5.64. The fourth-order valence-electron chi connectivity index (χ4n) is 4.27. The number of hydrazine groups is 1. The molecule has 1 saturated heterocycles. The largest absolute Gasteiger partial charge is 0.496 e. The average molecular weight is 458 g/mol. The standard InChI is InChI=1S/C25H27N7O2/c1-30(2)32-11-10-31(15-32)25(33)19-12-16(8-9-21(19)26)17-13-20-23(28-29-24(20)27-14-17)18-6-4-5-7-22(18)34-3/h4-9,12-14H,10-11,15,26H2,1-3H3,(H,27,28,29). The van der Waals surface area contributed by atoms with E-state index in [1.807, 2.05) is 66.5 Å². The minimum absolute atomic E-state index is 0.0734. The molecule has 4 aromatic rings. The van der Waals surface area contributed by atoms with Gasteiger partial charge in [-0.25, -0.2) is 15.0 Å². The Bertz CT molecular complexity index is 1360. The molecule has 3 N–H and O–H groups in total. The molecule has 1 fully saturated rings. The molecule has 0 aliphatic carbocycles. The lowest BCUT2D eigenvalue weighted by Gasteiger charge is -2.24. The lowest BCUT2D eigenvalue weighted by Crippen LogP contribution is -2.38. The number of aromatic nitrogens is 3. The van der Waals surface area contributed by atoms with Gasteiger partial charge in [-0.1, -0.05) is 18.2 Å². The number of nitrogen functional groups attached to an aromatic ring is 1. The van der Waals surface area contributed by atoms with E-state index in [2.05, 4.69) is 20.2 Å². The average Bonchev–Trinajstić information content (AvgIpc) is 3.51. The Morgan fingerprint density at radius 2 is 1.94 bits per heavy atom. The van der Waals surface area contributed by atoms with Crippen LogP contribution < -0.4 is 10.5 Å². The van der Waals surface area contributed by atoms with Crippen molar-refractivity contribution in [3.63, 3.8) is 0 Å². The second-order valence-electron chi connectivity index (χ2n) is 8.48. The summed E-state index contributed by atoms with van der Waals surface area (Å²) in [6.45, 7) is 2.00. The molecular formula is C25H27N7O2. The lowest BCUT2D eigenvalue weighted by molar-refractivity contribution is 0.0316. The molecule has 174 valence electrons. The first-order chi connectivity index (χ1) is 16.5. The molecule has 9 heteroatoms. The van der Waals surface area contributed by atoms with Gasteiger partial charge in [-0.05, 0) is 35.9 Å². The molecule has 0 radical (unpaired) electrons. The summed E-state index contributed by atoms with van der Waals surface area (Å²) >= 11 is 0. The van der Waals surface area contributed by atoms with Crippen molar-refractivity contribution in [1.29, 1.82) is 0 Å². The maximum atomic E-state index is 13.3. The van der Waals surface area contributed by atoms with Crippen molar-refractivity contribution in [1.82, 2.24) is 30.1 Å². The number of anilines is 1. The zero-order valence-corrected chi connectivity index (χ0v) is 19.4. The first kappa shape index (κ1) is 21.9. The van der Waals surface area contributed by atoms with Crippen molar-refractivity contribution in [2.45, 2.75) is 0 Å². The van der Waals surface area contributed by atoms with E-state index in [0.29, 0.717) is 30.1 Å². The number of H-pyrrole nitrogens is 1. The fraction of sp³-hybridized carbons (Fsp3) is 0.240. The van der Waals surface area contributed by atoms with E-state index in [1.54, 1.807) is 19.4 Å². The fourth-order valence-corrected chi connectivity index (χ4v) is 4.27. The quantitative estimate of drug-likeness (QED) is 0.444. The summed E-state index contributed by atoms with van der Waals surface area (Å²) in [7, 11) is 5.59. The Balaban J connectivity index is 1.51. The number of fused-ring (bicyclic) bond motifs is 1. The Hall–Kier alpha value is -3.95. The third kappa shape index (κ3) is 3.85. The van der Waals surface area contributed by atoms with Gasteiger partial charge in [-0.2, -0.15) is 5.10 Å². The van der Waals surface area contributed by atoms with Gasteiger partial charge in [0.05, 0.1) is 25.0 Å². The highest BCUT2D eigenvalue weighted by Gasteiger charge is 2.27. The second-order valence-corrected chi connectivity index (χ2v) is 8.48. The smallest absolute Gasteiger partial charge is 0.257 e. The maximum absolute atomic E-state index is 13.3. The summed E-state index contributed by atoms with van der Waals surface area (Å²) in [6, 6.07) is 15.3. The van der Waals surface area contributed by atoms with Crippen LogP contribution >= 0.6 is 0 Å². The number of aromatic amines is 1. The van der Waals surface area contributed by atoms with E-state index in [1.165, 1.54) is 0 Å². The van der Waals surface area contributed by atoms with Gasteiger partial charge in [0.15, 0.2) is 5.65 Å². The van der Waals surface area contributed by atoms with Crippen LogP contribution in [0.5, 0.6) is 5.75 Å². The molecule has 3 heterocycles. The van der Waals surface area contributed by atoms with Crippen LogP contribution in [0.15, 0.2) is 54.7 Å². The van der Waals surface area contributed by atoms with Crippen molar-refractivity contribution >= 4 is 22.6 Å². The van der Waals surface area contributed by atoms with Gasteiger partial charge in [-0.15, -0.1) is 0 Å². The number of benzene rings is 2. The molecule has 34 heavy (non-hydrogen) atoms. The second kappa shape index (κ2) is 8.77. The van der Waals surface area contributed by atoms with Crippen molar-refractivity contribution in [3.8, 4) is 28.1 Å². The number of nitrogens with zero attached hydrogens (tertiary/aromatic N) is 5. The van der Waals surface area contributed by atoms with Crippen molar-refractivity contribution in [3.05, 3.63) is 60.3 Å². The van der Waals surface area contributed by atoms with Gasteiger partial charge in [0.1, 0.15) is 5.75 Å². The number of pyridine rings is 1. The zero-order chi connectivity index (χ0) is 23.8. The van der Waals surface area contributed by atoms with Crippen LogP contribution in [0, 0.1) is 0 Å². The summed E-state index contributed by atoms with van der Waals surface area (Å²) < 4.78 is 5.53. The Labute approximate surface area is 197 Å². The van der Waals surface area contributed by atoms with Crippen molar-refractivity contribution < 1.29 is 9.53 Å². The van der Waals surface area contributed by atoms with Crippen LogP contribution in [0.1, 0.15) is 10.4 Å². The minimum Gasteiger partial charge on any atom is -0.496 e. The maximum Gasteiger partial charge on any atom is 0.257 e. The molecule has 1 aliphatic rings. The Morgan fingerprint density at radius 1 is 1.12 bits per heavy atom. The molecule has 0 saturated carbocycles. The highest BCUT2D eigenvalue weighted by atomic mass is 16.5. The summed E-state index contributed by atoms with van der Waals surface area (Å²) in [6.07, 6.45) is 1.76. The number of methoxy groups -OCH3 is 1. The van der Waals surface area contributed by atoms with E-state index >= 15 is 0 Å². The summed E-state index contributed by atoms with van der Waals surface area (Å²) in [5, 5.41) is 12.4. The number of ether oxygens (including phenoxy) is 1. The van der Waals surface area contributed by atoms with Crippen LogP contribution in [0.3, 0.4) is 0 Å². The number of hydrogen-bond acceptors (Lipinski definition) is 7. The number of nitrogens with two attached hydrogens (primary N) is 1. The molecule has 0 unspecified atom stereocenters. The molecule has 2 aromatic carbocycles. The van der Waals surface area contributed by atoms with E-state index in [0.717, 1.165) is 40.1 Å². The van der Waals surface area contributed by atoms with E-state index in [9.17, 15) is 4.79 Å². The van der Waals surface area contributed by atoms with Crippen molar-refractivity contribution in [2.75, 3.05) is 46.7 Å². The summed E-state index contributed by atoms with van der Waals surface area (Å²) in [5.41, 5.74) is 11.3. The van der Waals surface area contributed by atoms with Crippen LogP contribution in [0.2, 0.25) is 0 Å². The van der Waals surface area contributed by atoms with Crippen LogP contribution in [0.4, 0.5) is 5.69 Å². The number of amides is 1. The number of nitrogens with one attached hydrogen (secondary N) is 1. The van der Waals surface area contributed by atoms with Crippen LogP contribution in [-0.2, 0) is 0 Å². The third-order valence-corrected chi connectivity index (χ3v) is 6.22. The monoisotopic (exact) mass is 457 g/mol. The molecular weight excluding hydrogens is 430 g/mol. The topological polar surface area (TPSA) is 104 Å². The van der Waals surface area contributed by atoms with Crippen LogP contribution in [-0.4, -0.2) is 77.0 Å². The number of carbonyl (C=O) groups is 1. The molecule has 0 spiro atoms. The lowest BCUT2D eigenvalue weighted by atomic mass is 10.0.